The van der Waals surface area contributed by atoms with Gasteiger partial charge in [-0.25, -0.2) is 0 Å². The summed E-state index contributed by atoms with van der Waals surface area (Å²) in [6.07, 6.45) is 0.712. The second kappa shape index (κ2) is 1.08. The molecule has 31 valence electrons. The third kappa shape index (κ3) is 0.353. The zero-order valence-corrected chi connectivity index (χ0v) is 4.27. The summed E-state index contributed by atoms with van der Waals surface area (Å²) < 4.78 is 1.51. The molecule has 0 spiro atoms. The molecule has 2 nitrogen and oxygen atoms in total. The van der Waals surface area contributed by atoms with Crippen molar-refractivity contribution in [2.45, 2.75) is 6.42 Å². The summed E-state index contributed by atoms with van der Waals surface area (Å²) in [6.45, 7) is 0.871. The van der Waals surface area contributed by atoms with Crippen LogP contribution in [0.2, 0.25) is 0 Å². The quantitative estimate of drug-likeness (QED) is 0.290. The fourth-order valence-corrected chi connectivity index (χ4v) is 0.539. The van der Waals surface area contributed by atoms with Gasteiger partial charge in [-0.3, -0.25) is 4.79 Å². The van der Waals surface area contributed by atoms with Crippen molar-refractivity contribution in [3.63, 3.8) is 0 Å². The summed E-state index contributed by atoms with van der Waals surface area (Å²) in [5.74, 6) is 0.187. The lowest BCUT2D eigenvalue weighted by atomic mass is 10.3. The number of rotatable bonds is 0. The molecule has 1 amide bonds. The van der Waals surface area contributed by atoms with Crippen LogP contribution >= 0.6 is 0 Å². The Morgan fingerprint density at radius 2 is 2.33 bits per heavy atom. The van der Waals surface area contributed by atoms with E-state index in [1.165, 1.54) is 4.57 Å². The first-order chi connectivity index (χ1) is 2.80. The molecule has 0 aliphatic carbocycles. The van der Waals surface area contributed by atoms with E-state index in [2.05, 4.69) is 10.4 Å². The molecule has 0 bridgehead atoms. The van der Waals surface area contributed by atoms with Crippen LogP contribution in [0.4, 0.5) is 0 Å². The molecule has 1 aliphatic rings. The van der Waals surface area contributed by atoms with Crippen molar-refractivity contribution in [1.82, 2.24) is 4.57 Å². The number of nitrogens with zero attached hydrogens (tertiary/aromatic N) is 1. The Labute approximate surface area is 39.6 Å². The molecule has 3 radical (unpaired) electrons. The predicted molar refractivity (Wildman–Crippen MR) is 22.1 cm³/mol. The average molecular weight is 98.2 g/mol. The topological polar surface area (TPSA) is 20.3 Å². The lowest BCUT2D eigenvalue weighted by Gasteiger charge is -2.25. The number of carbonyl (C=O) groups excluding carboxylic acids is 1. The van der Waals surface area contributed by atoms with E-state index >= 15 is 0 Å². The first-order valence-corrected chi connectivity index (χ1v) is 2.27. The van der Waals surface area contributed by atoms with Crippen LogP contribution in [0.5, 0.6) is 0 Å². The van der Waals surface area contributed by atoms with E-state index in [1.54, 1.807) is 0 Å². The van der Waals surface area contributed by atoms with E-state index < -0.39 is 0 Å². The van der Waals surface area contributed by atoms with E-state index in [1.807, 2.05) is 0 Å². The van der Waals surface area contributed by atoms with E-state index in [-0.39, 0.29) is 5.91 Å². The largest absolute Gasteiger partial charge is 0.370 e. The summed E-state index contributed by atoms with van der Waals surface area (Å²) in [7, 11) is 3.05. The van der Waals surface area contributed by atoms with Crippen LogP contribution in [0.15, 0.2) is 0 Å². The van der Waals surface area contributed by atoms with Crippen molar-refractivity contribution >= 4 is 16.3 Å². The van der Waals surface area contributed by atoms with Gasteiger partial charge in [0.1, 0.15) is 0 Å². The minimum absolute atomic E-state index is 0.187. The smallest absolute Gasteiger partial charge is 0.216 e. The van der Waals surface area contributed by atoms with E-state index in [9.17, 15) is 4.79 Å². The minimum Gasteiger partial charge on any atom is -0.370 e. The third-order valence-corrected chi connectivity index (χ3v) is 1.32. The number of β-lactam (4-membered cyclic amide) rings is 1. The maximum atomic E-state index is 10.1. The van der Waals surface area contributed by atoms with Gasteiger partial charge in [-0.1, -0.05) is 0 Å². The fraction of sp³-hybridized carbons (Fsp3) is 0.667. The highest BCUT2D eigenvalue weighted by Crippen LogP contribution is 2.01. The standard InChI is InChI=1S/C3H4NOSi/c5-3-1-2-4(3)6/h1-2H2. The minimum atomic E-state index is 0.187. The van der Waals surface area contributed by atoms with Crippen LogP contribution in [0.25, 0.3) is 0 Å². The van der Waals surface area contributed by atoms with Crippen molar-refractivity contribution in [3.05, 3.63) is 0 Å². The Morgan fingerprint density at radius 1 is 1.83 bits per heavy atom. The second-order valence-electron chi connectivity index (χ2n) is 1.30. The Bertz CT molecular complexity index is 82.9. The van der Waals surface area contributed by atoms with Crippen molar-refractivity contribution in [2.24, 2.45) is 0 Å². The van der Waals surface area contributed by atoms with Gasteiger partial charge in [0.05, 0.1) is 0 Å². The molecular formula is C3H4NOSi. The summed E-state index contributed by atoms with van der Waals surface area (Å²) in [6, 6.07) is 0. The van der Waals surface area contributed by atoms with Gasteiger partial charge in [-0.05, 0) is 0 Å². The van der Waals surface area contributed by atoms with Crippen molar-refractivity contribution in [1.29, 1.82) is 0 Å². The van der Waals surface area contributed by atoms with Crippen LogP contribution < -0.4 is 0 Å². The molecule has 0 aromatic carbocycles. The molecule has 1 rings (SSSR count). The van der Waals surface area contributed by atoms with Gasteiger partial charge in [0.2, 0.25) is 5.91 Å². The molecule has 0 saturated carbocycles. The normalized spacial score (nSPS) is 20.8. The molecule has 1 aliphatic heterocycles. The Morgan fingerprint density at radius 3 is 2.33 bits per heavy atom. The fourth-order valence-electron chi connectivity index (χ4n) is 0.315. The van der Waals surface area contributed by atoms with E-state index in [0.717, 1.165) is 6.54 Å². The van der Waals surface area contributed by atoms with Crippen molar-refractivity contribution < 1.29 is 4.79 Å². The maximum absolute atomic E-state index is 10.1. The summed E-state index contributed by atoms with van der Waals surface area (Å²) in [5.41, 5.74) is 0. The molecule has 0 atom stereocenters. The molecule has 1 fully saturated rings. The highest BCUT2D eigenvalue weighted by Gasteiger charge is 2.17. The Hall–Kier alpha value is -0.313. The molecule has 1 saturated heterocycles. The van der Waals surface area contributed by atoms with Gasteiger partial charge in [0.15, 0.2) is 10.4 Å². The number of hydrogen-bond acceptors (Lipinski definition) is 1. The van der Waals surface area contributed by atoms with Gasteiger partial charge in [-0.2, -0.15) is 0 Å². The van der Waals surface area contributed by atoms with Gasteiger partial charge >= 0.3 is 0 Å². The van der Waals surface area contributed by atoms with Crippen LogP contribution in [-0.2, 0) is 4.79 Å². The molecule has 0 aromatic rings. The highest BCUT2D eigenvalue weighted by molar-refractivity contribution is 6.16. The summed E-state index contributed by atoms with van der Waals surface area (Å²) in [4.78, 5) is 10.1. The number of hydrogen-bond donors (Lipinski definition) is 0. The van der Waals surface area contributed by atoms with Gasteiger partial charge in [0.25, 0.3) is 0 Å². The van der Waals surface area contributed by atoms with Crippen LogP contribution in [-0.4, -0.2) is 27.4 Å². The summed E-state index contributed by atoms with van der Waals surface area (Å²) >= 11 is 0. The van der Waals surface area contributed by atoms with Crippen molar-refractivity contribution in [2.75, 3.05) is 6.54 Å². The van der Waals surface area contributed by atoms with Gasteiger partial charge in [0, 0.05) is 13.0 Å². The molecule has 0 unspecified atom stereocenters. The lowest BCUT2D eigenvalue weighted by Crippen LogP contribution is -2.40. The monoisotopic (exact) mass is 98.0 g/mol. The average Bonchev–Trinajstić information content (AvgIpc) is 1.61. The molecule has 3 heteroatoms. The second-order valence-corrected chi connectivity index (χ2v) is 1.84. The SMILES string of the molecule is O=C1CCN1[Si]. The molecule has 0 aromatic heterocycles. The van der Waals surface area contributed by atoms with Crippen LogP contribution in [0.3, 0.4) is 0 Å². The summed E-state index contributed by atoms with van der Waals surface area (Å²) in [5, 5.41) is 0. The van der Waals surface area contributed by atoms with Crippen LogP contribution in [0.1, 0.15) is 6.42 Å². The molecular weight excluding hydrogens is 94.1 g/mol. The first-order valence-electron chi connectivity index (χ1n) is 1.82. The molecule has 1 heterocycles. The maximum Gasteiger partial charge on any atom is 0.216 e. The molecule has 6 heavy (non-hydrogen) atoms. The van der Waals surface area contributed by atoms with Gasteiger partial charge in [-0.15, -0.1) is 0 Å². The van der Waals surface area contributed by atoms with E-state index in [4.69, 9.17) is 0 Å². The zero-order valence-electron chi connectivity index (χ0n) is 3.27. The van der Waals surface area contributed by atoms with Crippen molar-refractivity contribution in [3.8, 4) is 0 Å². The van der Waals surface area contributed by atoms with E-state index in [0.29, 0.717) is 6.42 Å². The Balaban J connectivity index is 2.39. The third-order valence-electron chi connectivity index (χ3n) is 0.850. The van der Waals surface area contributed by atoms with Crippen LogP contribution in [0, 0.1) is 0 Å². The first kappa shape index (κ1) is 3.86. The zero-order chi connectivity index (χ0) is 4.57. The highest BCUT2D eigenvalue weighted by atomic mass is 28.2. The Kier molecular flexibility index (Phi) is 0.694. The predicted octanol–water partition coefficient (Wildman–Crippen LogP) is -0.698. The lowest BCUT2D eigenvalue weighted by molar-refractivity contribution is -0.133. The molecule has 0 N–H and O–H groups in total. The number of amides is 1. The number of carbonyl (C=O) groups is 1. The van der Waals surface area contributed by atoms with Gasteiger partial charge < -0.3 is 4.57 Å².